The first-order chi connectivity index (χ1) is 16.7. The third kappa shape index (κ3) is 6.67. The second-order valence-electron chi connectivity index (χ2n) is 8.47. The van der Waals surface area contributed by atoms with Crippen LogP contribution >= 0.6 is 0 Å². The molecule has 3 aromatic rings. The molecule has 5 nitrogen and oxygen atoms in total. The second kappa shape index (κ2) is 12.3. The Morgan fingerprint density at radius 1 is 0.882 bits per heavy atom. The number of benzene rings is 2. The molecule has 7 heteroatoms. The van der Waals surface area contributed by atoms with E-state index in [2.05, 4.69) is 26.2 Å². The van der Waals surface area contributed by atoms with Gasteiger partial charge in [0.25, 0.3) is 0 Å². The number of nitrogens with one attached hydrogen (secondary N) is 1. The van der Waals surface area contributed by atoms with Crippen molar-refractivity contribution in [1.82, 2.24) is 9.88 Å². The average Bonchev–Trinajstić information content (AvgIpc) is 2.90. The summed E-state index contributed by atoms with van der Waals surface area (Å²) in [6.45, 7) is 4.74. The van der Waals surface area contributed by atoms with E-state index < -0.39 is 13.5 Å². The van der Waals surface area contributed by atoms with Crippen molar-refractivity contribution in [3.63, 3.8) is 0 Å². The molecule has 34 heavy (non-hydrogen) atoms. The number of hydrogen-bond donors (Lipinski definition) is 1. The molecule has 1 aromatic heterocycles. The van der Waals surface area contributed by atoms with Gasteiger partial charge < -0.3 is 15.0 Å². The lowest BCUT2D eigenvalue weighted by atomic mass is 10.1. The number of piperazine rings is 1. The van der Waals surface area contributed by atoms with Gasteiger partial charge in [0.15, 0.2) is 0 Å². The van der Waals surface area contributed by atoms with Crippen LogP contribution in [0.1, 0.15) is 18.4 Å². The quantitative estimate of drug-likeness (QED) is 0.376. The van der Waals surface area contributed by atoms with Crippen LogP contribution in [-0.4, -0.2) is 56.0 Å². The molecule has 0 amide bonds. The minimum atomic E-state index is -0.824. The highest BCUT2D eigenvalue weighted by Crippen LogP contribution is 2.24. The third-order valence-electron chi connectivity index (χ3n) is 6.18. The van der Waals surface area contributed by atoms with Gasteiger partial charge in [-0.1, -0.05) is 24.3 Å². The molecule has 0 radical (unpaired) electrons. The maximum absolute atomic E-state index is 12.9. The van der Waals surface area contributed by atoms with Crippen LogP contribution in [0.15, 0.2) is 66.9 Å². The van der Waals surface area contributed by atoms with E-state index in [1.165, 1.54) is 0 Å². The summed E-state index contributed by atoms with van der Waals surface area (Å²) < 4.78 is 30.1. The average molecular weight is 467 g/mol. The van der Waals surface area contributed by atoms with Crippen LogP contribution in [0.3, 0.4) is 0 Å². The number of halogens is 2. The van der Waals surface area contributed by atoms with Gasteiger partial charge in [-0.3, -0.25) is 4.90 Å². The van der Waals surface area contributed by atoms with E-state index in [1.54, 1.807) is 18.3 Å². The molecule has 0 atom stereocenters. The number of rotatable bonds is 11. The molecule has 0 spiro atoms. The lowest BCUT2D eigenvalue weighted by Gasteiger charge is -2.36. The molecule has 1 N–H and O–H groups in total. The molecular weight excluding hydrogens is 434 g/mol. The Hall–Kier alpha value is -3.19. The van der Waals surface area contributed by atoms with E-state index in [-0.39, 0.29) is 0 Å². The molecule has 4 rings (SSSR count). The van der Waals surface area contributed by atoms with Crippen molar-refractivity contribution >= 4 is 11.5 Å². The minimum absolute atomic E-state index is 0.411. The summed E-state index contributed by atoms with van der Waals surface area (Å²) in [7, 11) is 0. The number of unbranched alkanes of at least 4 members (excludes halogenated alkanes) is 1. The summed E-state index contributed by atoms with van der Waals surface area (Å²) in [6, 6.07) is 19.2. The summed E-state index contributed by atoms with van der Waals surface area (Å²) in [5.41, 5.74) is 3.96. The van der Waals surface area contributed by atoms with Crippen molar-refractivity contribution in [1.29, 1.82) is 0 Å². The van der Waals surface area contributed by atoms with Crippen LogP contribution in [0.25, 0.3) is 11.1 Å². The van der Waals surface area contributed by atoms with Gasteiger partial charge in [0, 0.05) is 44.6 Å². The Bertz CT molecular complexity index is 1020. The van der Waals surface area contributed by atoms with Crippen molar-refractivity contribution in [2.24, 2.45) is 0 Å². The molecule has 2 aromatic carbocycles. The zero-order valence-corrected chi connectivity index (χ0v) is 19.4. The first kappa shape index (κ1) is 24.0. The normalized spacial score (nSPS) is 14.2. The van der Waals surface area contributed by atoms with Gasteiger partial charge in [-0.25, -0.2) is 13.8 Å². The van der Waals surface area contributed by atoms with Crippen LogP contribution < -0.4 is 15.0 Å². The van der Waals surface area contributed by atoms with E-state index in [4.69, 9.17) is 4.74 Å². The summed E-state index contributed by atoms with van der Waals surface area (Å²) in [5.74, 6) is 1.37. The molecule has 1 aliphatic rings. The summed E-state index contributed by atoms with van der Waals surface area (Å²) in [6.07, 6.45) is 3.99. The number of pyridine rings is 1. The first-order valence-corrected chi connectivity index (χ1v) is 11.9. The van der Waals surface area contributed by atoms with Gasteiger partial charge in [0.05, 0.1) is 0 Å². The van der Waals surface area contributed by atoms with Gasteiger partial charge in [-0.15, -0.1) is 0 Å². The molecule has 1 saturated heterocycles. The lowest BCUT2D eigenvalue weighted by molar-refractivity contribution is 0.192. The highest BCUT2D eigenvalue weighted by Gasteiger charge is 2.17. The second-order valence-corrected chi connectivity index (χ2v) is 8.47. The summed E-state index contributed by atoms with van der Waals surface area (Å²) in [4.78, 5) is 9.27. The molecule has 180 valence electrons. The van der Waals surface area contributed by atoms with Gasteiger partial charge in [0.1, 0.15) is 18.2 Å². The Morgan fingerprint density at radius 2 is 1.71 bits per heavy atom. The number of aromatic nitrogens is 1. The fourth-order valence-corrected chi connectivity index (χ4v) is 4.26. The van der Waals surface area contributed by atoms with Crippen molar-refractivity contribution < 1.29 is 13.5 Å². The SMILES string of the molecule is FCOc1ccc(-c2ccnc(NCCCCN3CCN(c4cccc(CF)c4)CC3)c2)cc1. The van der Waals surface area contributed by atoms with E-state index in [0.717, 1.165) is 80.3 Å². The smallest absolute Gasteiger partial charge is 0.228 e. The largest absolute Gasteiger partial charge is 0.463 e. The number of ether oxygens (including phenoxy) is 1. The Kier molecular flexibility index (Phi) is 8.68. The fourth-order valence-electron chi connectivity index (χ4n) is 4.26. The van der Waals surface area contributed by atoms with E-state index in [0.29, 0.717) is 5.75 Å². The van der Waals surface area contributed by atoms with Crippen LogP contribution in [0.4, 0.5) is 20.3 Å². The van der Waals surface area contributed by atoms with Crippen LogP contribution in [0.5, 0.6) is 5.75 Å². The van der Waals surface area contributed by atoms with Crippen LogP contribution in [-0.2, 0) is 6.67 Å². The fraction of sp³-hybridized carbons (Fsp3) is 0.370. The topological polar surface area (TPSA) is 40.6 Å². The number of nitrogens with zero attached hydrogens (tertiary/aromatic N) is 3. The summed E-state index contributed by atoms with van der Waals surface area (Å²) >= 11 is 0. The van der Waals surface area contributed by atoms with E-state index in [9.17, 15) is 8.78 Å². The zero-order valence-electron chi connectivity index (χ0n) is 19.4. The van der Waals surface area contributed by atoms with Crippen LogP contribution in [0.2, 0.25) is 0 Å². The lowest BCUT2D eigenvalue weighted by Crippen LogP contribution is -2.46. The number of anilines is 2. The maximum Gasteiger partial charge on any atom is 0.228 e. The molecule has 1 fully saturated rings. The predicted molar refractivity (Wildman–Crippen MR) is 134 cm³/mol. The van der Waals surface area contributed by atoms with Crippen molar-refractivity contribution in [3.8, 4) is 16.9 Å². The highest BCUT2D eigenvalue weighted by molar-refractivity contribution is 5.66. The van der Waals surface area contributed by atoms with Gasteiger partial charge >= 0.3 is 0 Å². The zero-order chi connectivity index (χ0) is 23.6. The third-order valence-corrected chi connectivity index (χ3v) is 6.18. The predicted octanol–water partition coefficient (Wildman–Crippen LogP) is 5.54. The van der Waals surface area contributed by atoms with Gasteiger partial charge in [-0.05, 0) is 72.5 Å². The molecular formula is C27H32F2N4O. The Morgan fingerprint density at radius 3 is 2.47 bits per heavy atom. The van der Waals surface area contributed by atoms with Crippen molar-refractivity contribution in [2.45, 2.75) is 19.5 Å². The summed E-state index contributed by atoms with van der Waals surface area (Å²) in [5, 5.41) is 3.42. The highest BCUT2D eigenvalue weighted by atomic mass is 19.1. The Balaban J connectivity index is 1.16. The Labute approximate surface area is 200 Å². The molecule has 0 saturated carbocycles. The molecule has 2 heterocycles. The maximum atomic E-state index is 12.9. The van der Waals surface area contributed by atoms with E-state index >= 15 is 0 Å². The molecule has 0 unspecified atom stereocenters. The van der Waals surface area contributed by atoms with Gasteiger partial charge in [0.2, 0.25) is 6.86 Å². The monoisotopic (exact) mass is 466 g/mol. The first-order valence-electron chi connectivity index (χ1n) is 11.9. The molecule has 0 bridgehead atoms. The van der Waals surface area contributed by atoms with E-state index in [1.807, 2.05) is 42.5 Å². The molecule has 0 aliphatic carbocycles. The van der Waals surface area contributed by atoms with Crippen molar-refractivity contribution in [2.75, 3.05) is 56.3 Å². The number of alkyl halides is 2. The molecule has 1 aliphatic heterocycles. The van der Waals surface area contributed by atoms with Crippen LogP contribution in [0, 0.1) is 0 Å². The standard InChI is InChI=1S/C27H32F2N4O/c28-20-22-4-3-5-25(18-22)33-16-14-32(15-17-33)13-2-1-11-30-27-19-24(10-12-31-27)23-6-8-26(9-7-23)34-21-29/h3-10,12,18-19H,1-2,11,13-17,20-21H2,(H,30,31). The van der Waals surface area contributed by atoms with Crippen molar-refractivity contribution in [3.05, 3.63) is 72.4 Å². The minimum Gasteiger partial charge on any atom is -0.463 e. The van der Waals surface area contributed by atoms with Gasteiger partial charge in [-0.2, -0.15) is 0 Å². The number of hydrogen-bond acceptors (Lipinski definition) is 5.